The van der Waals surface area contributed by atoms with Crippen LogP contribution in [0, 0.1) is 6.92 Å². The molecular formula is C26H30N2O4S. The van der Waals surface area contributed by atoms with E-state index in [2.05, 4.69) is 11.4 Å². The van der Waals surface area contributed by atoms with Gasteiger partial charge in [-0.1, -0.05) is 60.2 Å². The molecule has 0 aliphatic heterocycles. The number of aryl methyl sites for hydroxylation is 1. The summed E-state index contributed by atoms with van der Waals surface area (Å²) >= 11 is 0. The Morgan fingerprint density at radius 1 is 0.970 bits per heavy atom. The summed E-state index contributed by atoms with van der Waals surface area (Å²) in [5.74, 6) is 0.517. The van der Waals surface area contributed by atoms with E-state index in [4.69, 9.17) is 4.74 Å². The lowest BCUT2D eigenvalue weighted by Crippen LogP contribution is -2.33. The maximum absolute atomic E-state index is 12.8. The molecule has 1 N–H and O–H groups in total. The highest BCUT2D eigenvalue weighted by atomic mass is 32.2. The first-order valence-corrected chi connectivity index (χ1v) is 12.7. The first-order chi connectivity index (χ1) is 15.8. The zero-order valence-electron chi connectivity index (χ0n) is 19.2. The van der Waals surface area contributed by atoms with Gasteiger partial charge in [-0.15, -0.1) is 0 Å². The van der Waals surface area contributed by atoms with Crippen LogP contribution < -0.4 is 14.4 Å². The van der Waals surface area contributed by atoms with Gasteiger partial charge in [0, 0.05) is 13.0 Å². The third-order valence-electron chi connectivity index (χ3n) is 5.34. The number of rotatable bonds is 10. The van der Waals surface area contributed by atoms with E-state index in [0.717, 1.165) is 16.7 Å². The minimum absolute atomic E-state index is 0.131. The van der Waals surface area contributed by atoms with E-state index in [-0.39, 0.29) is 24.9 Å². The van der Waals surface area contributed by atoms with Crippen LogP contribution in [-0.4, -0.2) is 34.2 Å². The van der Waals surface area contributed by atoms with Crippen LogP contribution in [0.3, 0.4) is 0 Å². The molecular weight excluding hydrogens is 436 g/mol. The highest BCUT2D eigenvalue weighted by molar-refractivity contribution is 7.92. The van der Waals surface area contributed by atoms with Crippen LogP contribution in [0.1, 0.15) is 35.6 Å². The van der Waals surface area contributed by atoms with Gasteiger partial charge in [-0.05, 0) is 48.7 Å². The fourth-order valence-electron chi connectivity index (χ4n) is 3.71. The zero-order chi connectivity index (χ0) is 23.8. The van der Waals surface area contributed by atoms with Gasteiger partial charge in [0.25, 0.3) is 0 Å². The lowest BCUT2D eigenvalue weighted by Gasteiger charge is -2.23. The first-order valence-electron chi connectivity index (χ1n) is 10.8. The van der Waals surface area contributed by atoms with E-state index < -0.39 is 10.0 Å². The van der Waals surface area contributed by atoms with Gasteiger partial charge in [-0.3, -0.25) is 9.10 Å². The molecule has 0 heterocycles. The van der Waals surface area contributed by atoms with Crippen molar-refractivity contribution in [1.82, 2.24) is 5.32 Å². The van der Waals surface area contributed by atoms with Gasteiger partial charge < -0.3 is 10.1 Å². The molecule has 0 aliphatic carbocycles. The third-order valence-corrected chi connectivity index (χ3v) is 6.53. The average molecular weight is 467 g/mol. The van der Waals surface area contributed by atoms with Crippen molar-refractivity contribution in [3.8, 4) is 5.75 Å². The summed E-state index contributed by atoms with van der Waals surface area (Å²) < 4.78 is 31.1. The molecule has 3 aromatic carbocycles. The normalized spacial score (nSPS) is 12.1. The van der Waals surface area contributed by atoms with Gasteiger partial charge in [0.05, 0.1) is 25.1 Å². The lowest BCUT2D eigenvalue weighted by atomic mass is 9.97. The van der Waals surface area contributed by atoms with Gasteiger partial charge in [-0.25, -0.2) is 8.42 Å². The predicted molar refractivity (Wildman–Crippen MR) is 132 cm³/mol. The van der Waals surface area contributed by atoms with Gasteiger partial charge >= 0.3 is 0 Å². The summed E-state index contributed by atoms with van der Waals surface area (Å²) in [6, 6.07) is 24.4. The second kappa shape index (κ2) is 11.0. The molecule has 3 rings (SSSR count). The van der Waals surface area contributed by atoms with E-state index in [0.29, 0.717) is 17.9 Å². The van der Waals surface area contributed by atoms with Crippen LogP contribution in [0.2, 0.25) is 0 Å². The summed E-state index contributed by atoms with van der Waals surface area (Å²) in [7, 11) is -1.93. The van der Waals surface area contributed by atoms with E-state index in [1.807, 2.05) is 55.5 Å². The minimum atomic E-state index is -3.49. The lowest BCUT2D eigenvalue weighted by molar-refractivity contribution is -0.121. The van der Waals surface area contributed by atoms with E-state index in [1.54, 1.807) is 31.4 Å². The average Bonchev–Trinajstić information content (AvgIpc) is 2.80. The number of carbonyl (C=O) groups excluding carboxylic acids is 1. The minimum Gasteiger partial charge on any atom is -0.497 e. The molecule has 0 aliphatic rings. The molecule has 33 heavy (non-hydrogen) atoms. The van der Waals surface area contributed by atoms with Crippen LogP contribution in [0.5, 0.6) is 5.75 Å². The molecule has 0 saturated heterocycles. The Bertz CT molecular complexity index is 1160. The quantitative estimate of drug-likeness (QED) is 0.479. The Hall–Kier alpha value is -3.32. The molecule has 0 spiro atoms. The van der Waals surface area contributed by atoms with Crippen LogP contribution in [-0.2, 0) is 14.8 Å². The molecule has 0 fully saturated rings. The molecule has 0 saturated carbocycles. The van der Waals surface area contributed by atoms with Crippen molar-refractivity contribution in [2.24, 2.45) is 0 Å². The standard InChI is InChI=1S/C26H30N2O4S/c1-20-9-7-12-22(19-20)26(21-10-5-4-6-11-21)27-25(29)13-8-18-28(33(3,30)31)23-14-16-24(32-2)17-15-23/h4-7,9-12,14-17,19,26H,8,13,18H2,1-3H3,(H,27,29). The number of methoxy groups -OCH3 is 1. The predicted octanol–water partition coefficient (Wildman–Crippen LogP) is 4.46. The van der Waals surface area contributed by atoms with Crippen molar-refractivity contribution in [2.45, 2.75) is 25.8 Å². The second-order valence-corrected chi connectivity index (χ2v) is 9.87. The van der Waals surface area contributed by atoms with E-state index >= 15 is 0 Å². The van der Waals surface area contributed by atoms with Crippen molar-refractivity contribution in [3.63, 3.8) is 0 Å². The molecule has 174 valence electrons. The largest absolute Gasteiger partial charge is 0.497 e. The summed E-state index contributed by atoms with van der Waals surface area (Å²) in [6.07, 6.45) is 1.76. The molecule has 3 aromatic rings. The fourth-order valence-corrected chi connectivity index (χ4v) is 4.67. The number of amides is 1. The number of ether oxygens (including phenoxy) is 1. The molecule has 0 radical (unpaired) electrons. The zero-order valence-corrected chi connectivity index (χ0v) is 20.0. The first kappa shape index (κ1) is 24.3. The topological polar surface area (TPSA) is 75.7 Å². The number of carbonyl (C=O) groups is 1. The van der Waals surface area contributed by atoms with E-state index in [1.165, 1.54) is 10.6 Å². The van der Waals surface area contributed by atoms with Gasteiger partial charge in [0.2, 0.25) is 15.9 Å². The highest BCUT2D eigenvalue weighted by Crippen LogP contribution is 2.24. The van der Waals surface area contributed by atoms with Crippen molar-refractivity contribution in [3.05, 3.63) is 95.6 Å². The van der Waals surface area contributed by atoms with Crippen molar-refractivity contribution in [1.29, 1.82) is 0 Å². The monoisotopic (exact) mass is 466 g/mol. The Morgan fingerprint density at radius 2 is 1.64 bits per heavy atom. The number of anilines is 1. The van der Waals surface area contributed by atoms with Crippen LogP contribution in [0.15, 0.2) is 78.9 Å². The van der Waals surface area contributed by atoms with Crippen LogP contribution in [0.4, 0.5) is 5.69 Å². The maximum Gasteiger partial charge on any atom is 0.232 e. The molecule has 7 heteroatoms. The number of nitrogens with zero attached hydrogens (tertiary/aromatic N) is 1. The SMILES string of the molecule is COc1ccc(N(CCCC(=O)NC(c2ccccc2)c2cccc(C)c2)S(C)(=O)=O)cc1. The third kappa shape index (κ3) is 6.83. The van der Waals surface area contributed by atoms with Crippen molar-refractivity contribution >= 4 is 21.6 Å². The molecule has 0 aromatic heterocycles. The van der Waals surface area contributed by atoms with Gasteiger partial charge in [-0.2, -0.15) is 0 Å². The maximum atomic E-state index is 12.8. The Balaban J connectivity index is 1.68. The molecule has 6 nitrogen and oxygen atoms in total. The second-order valence-electron chi connectivity index (χ2n) is 7.96. The fraction of sp³-hybridized carbons (Fsp3) is 0.269. The summed E-state index contributed by atoms with van der Waals surface area (Å²) in [6.45, 7) is 2.23. The number of hydrogen-bond donors (Lipinski definition) is 1. The summed E-state index contributed by atoms with van der Waals surface area (Å²) in [5, 5.41) is 3.12. The highest BCUT2D eigenvalue weighted by Gasteiger charge is 2.20. The number of benzene rings is 3. The molecule has 1 unspecified atom stereocenters. The van der Waals surface area contributed by atoms with Crippen LogP contribution in [0.25, 0.3) is 0 Å². The number of sulfonamides is 1. The van der Waals surface area contributed by atoms with Crippen LogP contribution >= 0.6 is 0 Å². The Kier molecular flexibility index (Phi) is 8.11. The van der Waals surface area contributed by atoms with Gasteiger partial charge in [0.1, 0.15) is 5.75 Å². The molecule has 1 atom stereocenters. The Labute approximate surface area is 196 Å². The van der Waals surface area contributed by atoms with Gasteiger partial charge in [0.15, 0.2) is 0 Å². The Morgan fingerprint density at radius 3 is 2.24 bits per heavy atom. The van der Waals surface area contributed by atoms with E-state index in [9.17, 15) is 13.2 Å². The van der Waals surface area contributed by atoms with Crippen molar-refractivity contribution in [2.75, 3.05) is 24.2 Å². The molecule has 1 amide bonds. The number of hydrogen-bond acceptors (Lipinski definition) is 4. The smallest absolute Gasteiger partial charge is 0.232 e. The van der Waals surface area contributed by atoms with Crippen molar-refractivity contribution < 1.29 is 17.9 Å². The summed E-state index contributed by atoms with van der Waals surface area (Å²) in [4.78, 5) is 12.8. The number of nitrogens with one attached hydrogen (secondary N) is 1. The molecule has 0 bridgehead atoms. The summed E-state index contributed by atoms with van der Waals surface area (Å²) in [5.41, 5.74) is 3.66.